The summed E-state index contributed by atoms with van der Waals surface area (Å²) < 4.78 is 34.2. The fraction of sp³-hybridized carbons (Fsp3) is 0.640. The molecule has 0 fully saturated rings. The number of phosphoric acid groups is 1. The predicted octanol–water partition coefficient (Wildman–Crippen LogP) is 13.4. The molecule has 0 aliphatic rings. The van der Waals surface area contributed by atoms with Gasteiger partial charge in [-0.05, 0) is 70.6 Å². The molecule has 0 aromatic rings. The van der Waals surface area contributed by atoms with Crippen molar-refractivity contribution in [1.29, 1.82) is 0 Å². The van der Waals surface area contributed by atoms with Crippen LogP contribution in [0.1, 0.15) is 155 Å². The van der Waals surface area contributed by atoms with Crippen LogP contribution >= 0.6 is 7.82 Å². The van der Waals surface area contributed by atoms with E-state index >= 15 is 0 Å². The Bertz CT molecular complexity index is 1340. The number of hydrogen-bond acceptors (Lipinski definition) is 7. The molecular formula is C50H85NO8P+. The van der Waals surface area contributed by atoms with E-state index in [0.29, 0.717) is 23.9 Å². The summed E-state index contributed by atoms with van der Waals surface area (Å²) in [5.74, 6) is -0.901. The monoisotopic (exact) mass is 859 g/mol. The van der Waals surface area contributed by atoms with Gasteiger partial charge >= 0.3 is 19.8 Å². The first-order valence-corrected chi connectivity index (χ1v) is 24.5. The Labute approximate surface area is 366 Å². The lowest BCUT2D eigenvalue weighted by molar-refractivity contribution is -0.870. The lowest BCUT2D eigenvalue weighted by atomic mass is 10.1. The quantitative estimate of drug-likeness (QED) is 0.0162. The summed E-state index contributed by atoms with van der Waals surface area (Å²) in [6, 6.07) is 0. The number of nitrogens with zero attached hydrogens (tertiary/aromatic N) is 1. The van der Waals surface area contributed by atoms with Crippen molar-refractivity contribution < 1.29 is 42.1 Å². The average Bonchev–Trinajstić information content (AvgIpc) is 3.20. The lowest BCUT2D eigenvalue weighted by Gasteiger charge is -2.24. The molecule has 9 nitrogen and oxygen atoms in total. The molecule has 2 atom stereocenters. The van der Waals surface area contributed by atoms with Gasteiger partial charge in [0.1, 0.15) is 19.8 Å². The maximum atomic E-state index is 12.7. The van der Waals surface area contributed by atoms with E-state index in [-0.39, 0.29) is 26.1 Å². The fourth-order valence-corrected chi connectivity index (χ4v) is 6.35. The van der Waals surface area contributed by atoms with Crippen molar-refractivity contribution in [2.75, 3.05) is 47.5 Å². The fourth-order valence-electron chi connectivity index (χ4n) is 5.60. The number of carbonyl (C=O) groups excluding carboxylic acids is 2. The van der Waals surface area contributed by atoms with Gasteiger partial charge in [0, 0.05) is 12.8 Å². The highest BCUT2D eigenvalue weighted by Crippen LogP contribution is 2.43. The molecule has 1 N–H and O–H groups in total. The molecule has 10 heteroatoms. The van der Waals surface area contributed by atoms with Crippen molar-refractivity contribution in [2.24, 2.45) is 0 Å². The Morgan fingerprint density at radius 3 is 1.62 bits per heavy atom. The SMILES string of the molecule is CC/C=C/C=C/C=C/C=C/CCCCCCCC(=O)O[C@@H](COC(=O)CCC/C=C/C/C=C/C/C=C/C/C=C/CCCCCCCCC)COP(=O)(O)OCC[N+](C)(C)C. The van der Waals surface area contributed by atoms with Gasteiger partial charge in [0.25, 0.3) is 0 Å². The van der Waals surface area contributed by atoms with E-state index in [2.05, 4.69) is 80.7 Å². The number of rotatable bonds is 40. The Balaban J connectivity index is 4.47. The first kappa shape index (κ1) is 56.9. The van der Waals surface area contributed by atoms with Crippen LogP contribution in [0.15, 0.2) is 97.2 Å². The van der Waals surface area contributed by atoms with Crippen molar-refractivity contribution in [2.45, 2.75) is 161 Å². The summed E-state index contributed by atoms with van der Waals surface area (Å²) in [5, 5.41) is 0. The highest BCUT2D eigenvalue weighted by Gasteiger charge is 2.27. The van der Waals surface area contributed by atoms with Crippen LogP contribution in [-0.2, 0) is 32.7 Å². The minimum Gasteiger partial charge on any atom is -0.462 e. The highest BCUT2D eigenvalue weighted by molar-refractivity contribution is 7.47. The van der Waals surface area contributed by atoms with Gasteiger partial charge in [-0.15, -0.1) is 0 Å². The smallest absolute Gasteiger partial charge is 0.462 e. The zero-order chi connectivity index (χ0) is 44.3. The van der Waals surface area contributed by atoms with E-state index in [1.807, 2.05) is 51.5 Å². The van der Waals surface area contributed by atoms with Crippen molar-refractivity contribution in [3.63, 3.8) is 0 Å². The van der Waals surface area contributed by atoms with Crippen molar-refractivity contribution >= 4 is 19.8 Å². The van der Waals surface area contributed by atoms with Gasteiger partial charge in [-0.25, -0.2) is 4.57 Å². The van der Waals surface area contributed by atoms with E-state index in [1.54, 1.807) is 0 Å². The number of likely N-dealkylation sites (N-methyl/N-ethyl adjacent to an activating group) is 1. The van der Waals surface area contributed by atoms with E-state index < -0.39 is 32.5 Å². The summed E-state index contributed by atoms with van der Waals surface area (Å²) in [5.41, 5.74) is 0. The third kappa shape index (κ3) is 44.5. The van der Waals surface area contributed by atoms with Gasteiger partial charge in [0.2, 0.25) is 0 Å². The van der Waals surface area contributed by atoms with Crippen LogP contribution in [0.2, 0.25) is 0 Å². The normalized spacial score (nSPS) is 14.4. The summed E-state index contributed by atoms with van der Waals surface area (Å²) in [7, 11) is 1.41. The zero-order valence-electron chi connectivity index (χ0n) is 38.4. The van der Waals surface area contributed by atoms with Crippen LogP contribution in [0.4, 0.5) is 0 Å². The summed E-state index contributed by atoms with van der Waals surface area (Å²) in [6.45, 7) is 4.16. The molecule has 0 amide bonds. The number of phosphoric ester groups is 1. The molecule has 0 rings (SSSR count). The Morgan fingerprint density at radius 1 is 0.550 bits per heavy atom. The molecule has 0 aliphatic heterocycles. The third-order valence-corrected chi connectivity index (χ3v) is 10.2. The minimum atomic E-state index is -4.40. The number of ether oxygens (including phenoxy) is 2. The standard InChI is InChI=1S/C50H84NO8P/c1-6-8-10-12-14-16-18-20-22-23-24-25-26-27-29-30-32-34-36-38-40-42-49(52)56-46-48(47-58-60(54,55)57-45-44-51(3,4)5)59-50(53)43-41-39-37-35-33-31-28-21-19-17-15-13-11-9-7-2/h9,11,13,15,17,19,21-23,25-26,28-30,34,36,48H,6-8,10,12,14,16,18,20,24,27,31-33,35,37-47H2,1-5H3/p+1/b11-9+,15-13+,19-17+,23-22+,26-25+,28-21+,30-29+,36-34+/t48-/m0/s1. The molecule has 1 unspecified atom stereocenters. The molecule has 60 heavy (non-hydrogen) atoms. The minimum absolute atomic E-state index is 0.0123. The van der Waals surface area contributed by atoms with E-state index in [0.717, 1.165) is 64.2 Å². The van der Waals surface area contributed by atoms with Crippen LogP contribution in [0.3, 0.4) is 0 Å². The van der Waals surface area contributed by atoms with Crippen molar-refractivity contribution in [1.82, 2.24) is 0 Å². The van der Waals surface area contributed by atoms with Gasteiger partial charge < -0.3 is 18.9 Å². The van der Waals surface area contributed by atoms with Crippen LogP contribution in [0.5, 0.6) is 0 Å². The van der Waals surface area contributed by atoms with Gasteiger partial charge in [-0.3, -0.25) is 18.6 Å². The first-order chi connectivity index (χ1) is 29.0. The highest BCUT2D eigenvalue weighted by atomic mass is 31.2. The van der Waals surface area contributed by atoms with E-state index in [1.165, 1.54) is 51.4 Å². The number of quaternary nitrogens is 1. The molecule has 0 saturated carbocycles. The van der Waals surface area contributed by atoms with Crippen molar-refractivity contribution in [3.05, 3.63) is 97.2 Å². The Kier molecular flexibility index (Phi) is 39.2. The molecule has 0 aromatic heterocycles. The topological polar surface area (TPSA) is 108 Å². The number of unbranched alkanes of at least 4 members (excludes halogenated alkanes) is 13. The zero-order valence-corrected chi connectivity index (χ0v) is 39.3. The predicted molar refractivity (Wildman–Crippen MR) is 252 cm³/mol. The molecule has 0 aliphatic carbocycles. The van der Waals surface area contributed by atoms with Gasteiger partial charge in [0.05, 0.1) is 27.7 Å². The van der Waals surface area contributed by atoms with Crippen LogP contribution in [0.25, 0.3) is 0 Å². The second-order valence-corrected chi connectivity index (χ2v) is 17.6. The molecule has 0 aromatic carbocycles. The van der Waals surface area contributed by atoms with Gasteiger partial charge in [-0.1, -0.05) is 169 Å². The summed E-state index contributed by atoms with van der Waals surface area (Å²) in [4.78, 5) is 35.4. The molecule has 0 radical (unpaired) electrons. The largest absolute Gasteiger partial charge is 0.472 e. The number of esters is 2. The molecule has 0 saturated heterocycles. The third-order valence-electron chi connectivity index (χ3n) is 9.19. The Hall–Kier alpha value is -3.07. The molecule has 342 valence electrons. The molecular weight excluding hydrogens is 774 g/mol. The average molecular weight is 859 g/mol. The number of allylic oxidation sites excluding steroid dienone is 16. The maximum Gasteiger partial charge on any atom is 0.472 e. The van der Waals surface area contributed by atoms with Gasteiger partial charge in [0.15, 0.2) is 6.10 Å². The second-order valence-electron chi connectivity index (χ2n) is 16.1. The maximum absolute atomic E-state index is 12.7. The molecule has 0 spiro atoms. The van der Waals surface area contributed by atoms with E-state index in [4.69, 9.17) is 18.5 Å². The summed E-state index contributed by atoms with van der Waals surface area (Å²) >= 11 is 0. The first-order valence-electron chi connectivity index (χ1n) is 23.0. The second kappa shape index (κ2) is 41.3. The van der Waals surface area contributed by atoms with Crippen molar-refractivity contribution in [3.8, 4) is 0 Å². The van der Waals surface area contributed by atoms with Gasteiger partial charge in [-0.2, -0.15) is 0 Å². The molecule has 0 bridgehead atoms. The molecule has 0 heterocycles. The summed E-state index contributed by atoms with van der Waals surface area (Å²) in [6.07, 6.45) is 54.7. The van der Waals surface area contributed by atoms with E-state index in [9.17, 15) is 19.0 Å². The Morgan fingerprint density at radius 2 is 1.03 bits per heavy atom. The van der Waals surface area contributed by atoms with Crippen LogP contribution in [0, 0.1) is 0 Å². The van der Waals surface area contributed by atoms with Crippen LogP contribution in [-0.4, -0.2) is 74.9 Å². The number of hydrogen-bond donors (Lipinski definition) is 1. The van der Waals surface area contributed by atoms with Crippen LogP contribution < -0.4 is 0 Å². The lowest BCUT2D eigenvalue weighted by Crippen LogP contribution is -2.37. The number of carbonyl (C=O) groups is 2.